The fraction of sp³-hybridized carbons (Fsp3) is 0.235. The molecule has 0 aliphatic heterocycles. The average molecular weight is 327 g/mol. The zero-order valence-corrected chi connectivity index (χ0v) is 13.4. The van der Waals surface area contributed by atoms with E-state index in [0.29, 0.717) is 17.3 Å². The first kappa shape index (κ1) is 16.1. The zero-order valence-electron chi connectivity index (χ0n) is 13.4. The van der Waals surface area contributed by atoms with E-state index in [9.17, 15) is 9.50 Å². The fourth-order valence-electron chi connectivity index (χ4n) is 2.47. The number of hydrogen-bond donors (Lipinski definition) is 2. The summed E-state index contributed by atoms with van der Waals surface area (Å²) in [6, 6.07) is 7.75. The molecule has 1 atom stereocenters. The van der Waals surface area contributed by atoms with E-state index in [1.807, 2.05) is 11.5 Å². The molecule has 3 aromatic rings. The Labute approximate surface area is 139 Å². The summed E-state index contributed by atoms with van der Waals surface area (Å²) in [7, 11) is 1.74. The molecule has 0 bridgehead atoms. The number of anilines is 1. The Morgan fingerprint density at radius 1 is 1.21 bits per heavy atom. The van der Waals surface area contributed by atoms with Crippen LogP contribution in [0.5, 0.6) is 0 Å². The molecule has 7 heteroatoms. The quantitative estimate of drug-likeness (QED) is 0.753. The third kappa shape index (κ3) is 2.98. The van der Waals surface area contributed by atoms with Gasteiger partial charge in [-0.3, -0.25) is 0 Å². The van der Waals surface area contributed by atoms with Gasteiger partial charge in [-0.1, -0.05) is 0 Å². The molecule has 3 rings (SSSR count). The smallest absolute Gasteiger partial charge is 0.222 e. The van der Waals surface area contributed by atoms with Crippen molar-refractivity contribution in [3.63, 3.8) is 0 Å². The number of nitrogens with zero attached hydrogens (tertiary/aromatic N) is 4. The second-order valence-corrected chi connectivity index (χ2v) is 5.40. The summed E-state index contributed by atoms with van der Waals surface area (Å²) in [5.41, 5.74) is 2.88. The number of benzene rings is 1. The zero-order chi connectivity index (χ0) is 17.1. The van der Waals surface area contributed by atoms with Crippen LogP contribution in [-0.4, -0.2) is 38.3 Å². The van der Waals surface area contributed by atoms with Gasteiger partial charge in [0.05, 0.1) is 36.1 Å². The topological polar surface area (TPSA) is 75.9 Å². The lowest BCUT2D eigenvalue weighted by molar-refractivity contribution is 0.239. The summed E-state index contributed by atoms with van der Waals surface area (Å²) in [4.78, 5) is 13.1. The molecule has 0 radical (unpaired) electrons. The van der Waals surface area contributed by atoms with E-state index in [1.165, 1.54) is 12.1 Å². The molecule has 6 nitrogen and oxygen atoms in total. The predicted octanol–water partition coefficient (Wildman–Crippen LogP) is 2.74. The summed E-state index contributed by atoms with van der Waals surface area (Å²) >= 11 is 0. The minimum Gasteiger partial charge on any atom is -0.394 e. The number of imidazole rings is 1. The van der Waals surface area contributed by atoms with Crippen LogP contribution in [0.15, 0.2) is 42.9 Å². The number of rotatable bonds is 5. The fourth-order valence-corrected chi connectivity index (χ4v) is 2.47. The van der Waals surface area contributed by atoms with Crippen molar-refractivity contribution in [2.24, 2.45) is 0 Å². The van der Waals surface area contributed by atoms with Gasteiger partial charge in [0.2, 0.25) is 5.95 Å². The lowest BCUT2D eigenvalue weighted by Gasteiger charge is -2.15. The maximum absolute atomic E-state index is 13.2. The van der Waals surface area contributed by atoms with Crippen molar-refractivity contribution in [2.45, 2.75) is 13.0 Å². The summed E-state index contributed by atoms with van der Waals surface area (Å²) in [5, 5.41) is 12.4. The highest BCUT2D eigenvalue weighted by Gasteiger charge is 2.19. The summed E-state index contributed by atoms with van der Waals surface area (Å²) < 4.78 is 15.1. The van der Waals surface area contributed by atoms with Crippen molar-refractivity contribution >= 4 is 5.95 Å². The van der Waals surface area contributed by atoms with Crippen LogP contribution < -0.4 is 5.32 Å². The molecule has 0 amide bonds. The molecule has 0 aliphatic carbocycles. The van der Waals surface area contributed by atoms with Crippen molar-refractivity contribution in [1.29, 1.82) is 0 Å². The number of nitrogens with one attached hydrogen (secondary N) is 1. The molecule has 2 N–H and O–H groups in total. The Bertz CT molecular complexity index is 831. The minimum absolute atomic E-state index is 0.0316. The van der Waals surface area contributed by atoms with Gasteiger partial charge < -0.3 is 15.0 Å². The molecule has 0 fully saturated rings. The van der Waals surface area contributed by atoms with Crippen molar-refractivity contribution in [2.75, 3.05) is 19.0 Å². The monoisotopic (exact) mass is 327 g/mol. The third-order valence-electron chi connectivity index (χ3n) is 3.77. The van der Waals surface area contributed by atoms with Crippen molar-refractivity contribution < 1.29 is 9.50 Å². The maximum Gasteiger partial charge on any atom is 0.222 e. The molecule has 2 aromatic heterocycles. The third-order valence-corrected chi connectivity index (χ3v) is 3.77. The Kier molecular flexibility index (Phi) is 4.52. The molecule has 124 valence electrons. The van der Waals surface area contributed by atoms with E-state index in [2.05, 4.69) is 20.3 Å². The molecule has 0 aliphatic rings. The molecule has 0 saturated heterocycles. The van der Waals surface area contributed by atoms with Gasteiger partial charge in [-0.15, -0.1) is 0 Å². The van der Waals surface area contributed by atoms with E-state index in [-0.39, 0.29) is 18.5 Å². The van der Waals surface area contributed by atoms with Gasteiger partial charge in [-0.05, 0) is 37.3 Å². The Hall–Kier alpha value is -2.80. The molecular formula is C17H18FN5O. The van der Waals surface area contributed by atoms with Crippen LogP contribution in [0.25, 0.3) is 22.6 Å². The van der Waals surface area contributed by atoms with Gasteiger partial charge in [-0.2, -0.15) is 0 Å². The van der Waals surface area contributed by atoms with Gasteiger partial charge in [0, 0.05) is 18.8 Å². The van der Waals surface area contributed by atoms with E-state index >= 15 is 0 Å². The second-order valence-electron chi connectivity index (χ2n) is 5.40. The molecule has 0 spiro atoms. The SMILES string of the molecule is CNc1nccc(-c2c(-c3ccc(F)cc3)ncn2C(C)CO)n1. The summed E-state index contributed by atoms with van der Waals surface area (Å²) in [6.45, 7) is 1.86. The lowest BCUT2D eigenvalue weighted by atomic mass is 10.1. The summed E-state index contributed by atoms with van der Waals surface area (Å²) in [6.07, 6.45) is 3.32. The number of halogens is 1. The van der Waals surface area contributed by atoms with Crippen molar-refractivity contribution in [1.82, 2.24) is 19.5 Å². The van der Waals surface area contributed by atoms with E-state index in [0.717, 1.165) is 11.3 Å². The van der Waals surface area contributed by atoms with Crippen LogP contribution in [0.4, 0.5) is 10.3 Å². The van der Waals surface area contributed by atoms with Gasteiger partial charge >= 0.3 is 0 Å². The maximum atomic E-state index is 13.2. The molecule has 0 saturated carbocycles. The predicted molar refractivity (Wildman–Crippen MR) is 90.0 cm³/mol. The van der Waals surface area contributed by atoms with Gasteiger partial charge in [0.25, 0.3) is 0 Å². The number of hydrogen-bond acceptors (Lipinski definition) is 5. The Morgan fingerprint density at radius 2 is 1.96 bits per heavy atom. The first-order valence-corrected chi connectivity index (χ1v) is 7.59. The highest BCUT2D eigenvalue weighted by Crippen LogP contribution is 2.32. The first-order chi connectivity index (χ1) is 11.6. The van der Waals surface area contributed by atoms with Crippen LogP contribution in [0, 0.1) is 5.82 Å². The largest absolute Gasteiger partial charge is 0.394 e. The Balaban J connectivity index is 2.20. The van der Waals surface area contributed by atoms with E-state index < -0.39 is 0 Å². The van der Waals surface area contributed by atoms with Crippen LogP contribution in [0.2, 0.25) is 0 Å². The molecule has 1 aromatic carbocycles. The highest BCUT2D eigenvalue weighted by atomic mass is 19.1. The van der Waals surface area contributed by atoms with E-state index in [4.69, 9.17) is 0 Å². The Morgan fingerprint density at radius 3 is 2.62 bits per heavy atom. The van der Waals surface area contributed by atoms with Crippen LogP contribution >= 0.6 is 0 Å². The minimum atomic E-state index is -0.303. The summed E-state index contributed by atoms with van der Waals surface area (Å²) in [5.74, 6) is 0.185. The number of aromatic nitrogens is 4. The van der Waals surface area contributed by atoms with Gasteiger partial charge in [-0.25, -0.2) is 19.3 Å². The molecule has 1 unspecified atom stereocenters. The van der Waals surface area contributed by atoms with Crippen LogP contribution in [-0.2, 0) is 0 Å². The molecule has 24 heavy (non-hydrogen) atoms. The second kappa shape index (κ2) is 6.76. The lowest BCUT2D eigenvalue weighted by Crippen LogP contribution is -2.10. The highest BCUT2D eigenvalue weighted by molar-refractivity contribution is 5.77. The molecular weight excluding hydrogens is 309 g/mol. The average Bonchev–Trinajstić information content (AvgIpc) is 3.06. The van der Waals surface area contributed by atoms with E-state index in [1.54, 1.807) is 37.8 Å². The van der Waals surface area contributed by atoms with Gasteiger partial charge in [0.15, 0.2) is 0 Å². The normalized spacial score (nSPS) is 12.2. The number of aliphatic hydroxyl groups excluding tert-OH is 1. The standard InChI is InChI=1S/C17H18FN5O/c1-11(9-24)23-10-21-15(12-3-5-13(18)6-4-12)16(23)14-7-8-20-17(19-2)22-14/h3-8,10-11,24H,9H2,1-2H3,(H,19,20,22). The number of aliphatic hydroxyl groups is 1. The van der Waals surface area contributed by atoms with Gasteiger partial charge in [0.1, 0.15) is 5.82 Å². The van der Waals surface area contributed by atoms with Crippen LogP contribution in [0.1, 0.15) is 13.0 Å². The van der Waals surface area contributed by atoms with Crippen molar-refractivity contribution in [3.05, 3.63) is 48.7 Å². The molecule has 2 heterocycles. The first-order valence-electron chi connectivity index (χ1n) is 7.59. The van der Waals surface area contributed by atoms with Crippen LogP contribution in [0.3, 0.4) is 0 Å². The van der Waals surface area contributed by atoms with Crippen molar-refractivity contribution in [3.8, 4) is 22.6 Å².